The third kappa shape index (κ3) is 2.73. The molecule has 1 saturated heterocycles. The fourth-order valence-corrected chi connectivity index (χ4v) is 2.91. The van der Waals surface area contributed by atoms with Gasteiger partial charge in [-0.25, -0.2) is 4.39 Å². The quantitative estimate of drug-likeness (QED) is 0.818. The largest absolute Gasteiger partial charge is 0.397 e. The molecule has 0 aromatic heterocycles. The van der Waals surface area contributed by atoms with Gasteiger partial charge in [0.25, 0.3) is 0 Å². The molecule has 1 heterocycles. The summed E-state index contributed by atoms with van der Waals surface area (Å²) in [6.45, 7) is 6.08. The molecule has 5 heteroatoms. The van der Waals surface area contributed by atoms with Crippen molar-refractivity contribution in [2.45, 2.75) is 26.7 Å². The smallest absolute Gasteiger partial charge is 0.169 e. The summed E-state index contributed by atoms with van der Waals surface area (Å²) in [5.41, 5.74) is 12.5. The average Bonchev–Trinajstić information content (AvgIpc) is 2.37. The van der Waals surface area contributed by atoms with Gasteiger partial charge in [0.1, 0.15) is 5.02 Å². The van der Waals surface area contributed by atoms with E-state index < -0.39 is 5.82 Å². The van der Waals surface area contributed by atoms with Gasteiger partial charge < -0.3 is 16.4 Å². The number of piperidine rings is 1. The maximum atomic E-state index is 14.2. The number of anilines is 3. The number of nitrogens with zero attached hydrogens (tertiary/aromatic N) is 1. The SMILES string of the molecule is CC(C)C1CCN(c2c(N)cc(N)c(Cl)c2F)CC1. The van der Waals surface area contributed by atoms with Crippen LogP contribution in [0.1, 0.15) is 26.7 Å². The highest BCUT2D eigenvalue weighted by Crippen LogP contribution is 2.38. The zero-order valence-corrected chi connectivity index (χ0v) is 12.2. The van der Waals surface area contributed by atoms with Gasteiger partial charge in [-0.3, -0.25) is 0 Å². The van der Waals surface area contributed by atoms with Gasteiger partial charge in [0.15, 0.2) is 5.82 Å². The summed E-state index contributed by atoms with van der Waals surface area (Å²) in [5, 5.41) is -0.0322. The topological polar surface area (TPSA) is 55.3 Å². The standard InChI is InChI=1S/C14H21ClFN3/c1-8(2)9-3-5-19(6-4-9)14-11(18)7-10(17)12(15)13(14)16/h7-9H,3-6,17-18H2,1-2H3. The van der Waals surface area contributed by atoms with E-state index in [0.717, 1.165) is 25.9 Å². The summed E-state index contributed by atoms with van der Waals surface area (Å²) in [6, 6.07) is 1.54. The van der Waals surface area contributed by atoms with E-state index in [0.29, 0.717) is 23.2 Å². The van der Waals surface area contributed by atoms with Gasteiger partial charge in [-0.2, -0.15) is 0 Å². The lowest BCUT2D eigenvalue weighted by Gasteiger charge is -2.36. The molecular formula is C14H21ClFN3. The van der Waals surface area contributed by atoms with Crippen molar-refractivity contribution in [2.75, 3.05) is 29.5 Å². The van der Waals surface area contributed by atoms with Crippen molar-refractivity contribution in [3.8, 4) is 0 Å². The number of rotatable bonds is 2. The summed E-state index contributed by atoms with van der Waals surface area (Å²) in [6.07, 6.45) is 2.11. The second-order valence-corrected chi connectivity index (χ2v) is 5.98. The van der Waals surface area contributed by atoms with Crippen molar-refractivity contribution >= 4 is 28.7 Å². The zero-order valence-electron chi connectivity index (χ0n) is 11.4. The highest BCUT2D eigenvalue weighted by atomic mass is 35.5. The Hall–Kier alpha value is -1.16. The highest BCUT2D eigenvalue weighted by Gasteiger charge is 2.26. The first-order valence-corrected chi connectivity index (χ1v) is 7.07. The predicted molar refractivity (Wildman–Crippen MR) is 80.0 cm³/mol. The average molecular weight is 286 g/mol. The monoisotopic (exact) mass is 285 g/mol. The van der Waals surface area contributed by atoms with Gasteiger partial charge >= 0.3 is 0 Å². The molecule has 19 heavy (non-hydrogen) atoms. The minimum atomic E-state index is -0.498. The molecular weight excluding hydrogens is 265 g/mol. The Morgan fingerprint density at radius 1 is 1.26 bits per heavy atom. The molecule has 0 radical (unpaired) electrons. The minimum absolute atomic E-state index is 0.0322. The van der Waals surface area contributed by atoms with E-state index >= 15 is 0 Å². The molecule has 1 aliphatic heterocycles. The fourth-order valence-electron chi connectivity index (χ4n) is 2.77. The number of hydrogen-bond acceptors (Lipinski definition) is 3. The molecule has 0 aliphatic carbocycles. The molecule has 1 aliphatic rings. The Morgan fingerprint density at radius 2 is 1.84 bits per heavy atom. The molecule has 3 nitrogen and oxygen atoms in total. The van der Waals surface area contributed by atoms with Crippen LogP contribution in [0.4, 0.5) is 21.5 Å². The lowest BCUT2D eigenvalue weighted by molar-refractivity contribution is 0.310. The molecule has 1 fully saturated rings. The molecule has 1 aromatic rings. The Kier molecular flexibility index (Phi) is 4.09. The Labute approximate surface area is 118 Å². The number of nitrogen functional groups attached to an aromatic ring is 2. The molecule has 0 atom stereocenters. The van der Waals surface area contributed by atoms with E-state index in [1.165, 1.54) is 6.07 Å². The van der Waals surface area contributed by atoms with Crippen LogP contribution in [0.15, 0.2) is 6.07 Å². The van der Waals surface area contributed by atoms with Gasteiger partial charge in [0, 0.05) is 13.1 Å². The first-order chi connectivity index (χ1) is 8.91. The van der Waals surface area contributed by atoms with Crippen molar-refractivity contribution in [3.63, 3.8) is 0 Å². The zero-order chi connectivity index (χ0) is 14.2. The van der Waals surface area contributed by atoms with E-state index in [4.69, 9.17) is 23.1 Å². The van der Waals surface area contributed by atoms with Gasteiger partial charge in [-0.1, -0.05) is 25.4 Å². The van der Waals surface area contributed by atoms with E-state index in [1.54, 1.807) is 0 Å². The van der Waals surface area contributed by atoms with Gasteiger partial charge in [0.05, 0.1) is 17.1 Å². The molecule has 0 bridgehead atoms. The Balaban J connectivity index is 2.23. The molecule has 0 saturated carbocycles. The van der Waals surface area contributed by atoms with Crippen LogP contribution in [0.3, 0.4) is 0 Å². The summed E-state index contributed by atoms with van der Waals surface area (Å²) >= 11 is 5.87. The summed E-state index contributed by atoms with van der Waals surface area (Å²) in [5.74, 6) is 0.867. The second-order valence-electron chi connectivity index (χ2n) is 5.60. The Morgan fingerprint density at radius 3 is 2.37 bits per heavy atom. The fraction of sp³-hybridized carbons (Fsp3) is 0.571. The maximum absolute atomic E-state index is 14.2. The minimum Gasteiger partial charge on any atom is -0.397 e. The van der Waals surface area contributed by atoms with Crippen molar-refractivity contribution in [1.29, 1.82) is 0 Å². The van der Waals surface area contributed by atoms with Crippen LogP contribution in [0.2, 0.25) is 5.02 Å². The first-order valence-electron chi connectivity index (χ1n) is 6.69. The number of nitrogens with two attached hydrogens (primary N) is 2. The molecule has 0 spiro atoms. The summed E-state index contributed by atoms with van der Waals surface area (Å²) < 4.78 is 14.2. The molecule has 106 valence electrons. The van der Waals surface area contributed by atoms with Crippen molar-refractivity contribution in [3.05, 3.63) is 16.9 Å². The van der Waals surface area contributed by atoms with Crippen LogP contribution in [-0.4, -0.2) is 13.1 Å². The molecule has 0 amide bonds. The second kappa shape index (κ2) is 5.45. The molecule has 4 N–H and O–H groups in total. The van der Waals surface area contributed by atoms with Crippen LogP contribution in [0.25, 0.3) is 0 Å². The lowest BCUT2D eigenvalue weighted by Crippen LogP contribution is -2.36. The summed E-state index contributed by atoms with van der Waals surface area (Å²) in [4.78, 5) is 1.98. The number of hydrogen-bond donors (Lipinski definition) is 2. The van der Waals surface area contributed by atoms with Gasteiger partial charge in [0.2, 0.25) is 0 Å². The summed E-state index contributed by atoms with van der Waals surface area (Å²) in [7, 11) is 0. The number of benzene rings is 1. The van der Waals surface area contributed by atoms with E-state index in [1.807, 2.05) is 4.90 Å². The molecule has 2 rings (SSSR count). The normalized spacial score (nSPS) is 17.2. The molecule has 0 unspecified atom stereocenters. The third-order valence-electron chi connectivity index (χ3n) is 4.04. The van der Waals surface area contributed by atoms with E-state index in [9.17, 15) is 4.39 Å². The third-order valence-corrected chi connectivity index (χ3v) is 4.42. The van der Waals surface area contributed by atoms with Crippen LogP contribution >= 0.6 is 11.6 Å². The van der Waals surface area contributed by atoms with Gasteiger partial charge in [-0.05, 0) is 30.7 Å². The first kappa shape index (κ1) is 14.3. The van der Waals surface area contributed by atoms with Crippen molar-refractivity contribution in [2.24, 2.45) is 11.8 Å². The van der Waals surface area contributed by atoms with Gasteiger partial charge in [-0.15, -0.1) is 0 Å². The highest BCUT2D eigenvalue weighted by molar-refractivity contribution is 6.33. The van der Waals surface area contributed by atoms with Crippen LogP contribution < -0.4 is 16.4 Å². The van der Waals surface area contributed by atoms with E-state index in [-0.39, 0.29) is 10.7 Å². The predicted octanol–water partition coefficient (Wildman–Crippen LogP) is 3.52. The Bertz CT molecular complexity index is 468. The van der Waals surface area contributed by atoms with Crippen molar-refractivity contribution in [1.82, 2.24) is 0 Å². The van der Waals surface area contributed by atoms with Crippen LogP contribution in [-0.2, 0) is 0 Å². The van der Waals surface area contributed by atoms with Crippen molar-refractivity contribution < 1.29 is 4.39 Å². The lowest BCUT2D eigenvalue weighted by atomic mass is 9.86. The molecule has 1 aromatic carbocycles. The van der Waals surface area contributed by atoms with Crippen LogP contribution in [0, 0.1) is 17.7 Å². The van der Waals surface area contributed by atoms with E-state index in [2.05, 4.69) is 13.8 Å². The maximum Gasteiger partial charge on any atom is 0.169 e. The van der Waals surface area contributed by atoms with Crippen LogP contribution in [0.5, 0.6) is 0 Å². The number of halogens is 2.